The second kappa shape index (κ2) is 5.29. The quantitative estimate of drug-likeness (QED) is 0.623. The smallest absolute Gasteiger partial charge is 0.115 e. The molecule has 0 spiro atoms. The van der Waals surface area contributed by atoms with E-state index in [4.69, 9.17) is 0 Å². The molecule has 1 atom stereocenters. The van der Waals surface area contributed by atoms with E-state index in [1.54, 1.807) is 0 Å². The van der Waals surface area contributed by atoms with Crippen molar-refractivity contribution in [2.24, 2.45) is 0 Å². The van der Waals surface area contributed by atoms with Gasteiger partial charge in [-0.15, -0.1) is 0 Å². The van der Waals surface area contributed by atoms with Crippen LogP contribution >= 0.6 is 0 Å². The standard InChI is InChI=1S/C13H19N5/c1-3-12(18-9-7-14-8-10-18)4-2-11(1)16-13-5-6-15-17-13/h1-6,13-17H,7-10H2. The van der Waals surface area contributed by atoms with Crippen molar-refractivity contribution in [3.8, 4) is 0 Å². The summed E-state index contributed by atoms with van der Waals surface area (Å²) in [7, 11) is 0. The fourth-order valence-electron chi connectivity index (χ4n) is 2.29. The minimum absolute atomic E-state index is 0.162. The minimum atomic E-state index is 0.162. The largest absolute Gasteiger partial charge is 0.369 e. The Labute approximate surface area is 107 Å². The predicted molar refractivity (Wildman–Crippen MR) is 74.3 cm³/mol. The number of hydrazine groups is 1. The maximum atomic E-state index is 3.38. The van der Waals surface area contributed by atoms with Gasteiger partial charge in [-0.25, -0.2) is 5.43 Å². The van der Waals surface area contributed by atoms with Gasteiger partial charge in [-0.3, -0.25) is 0 Å². The van der Waals surface area contributed by atoms with Crippen LogP contribution in [-0.4, -0.2) is 32.3 Å². The Bertz CT molecular complexity index is 408. The van der Waals surface area contributed by atoms with E-state index in [1.165, 1.54) is 5.69 Å². The number of anilines is 2. The molecule has 0 amide bonds. The first-order valence-corrected chi connectivity index (χ1v) is 6.42. The van der Waals surface area contributed by atoms with Crippen LogP contribution in [0.2, 0.25) is 0 Å². The van der Waals surface area contributed by atoms with Crippen molar-refractivity contribution in [3.05, 3.63) is 36.5 Å². The van der Waals surface area contributed by atoms with Gasteiger partial charge in [-0.2, -0.15) is 0 Å². The zero-order valence-electron chi connectivity index (χ0n) is 10.3. The molecule has 1 unspecified atom stereocenters. The monoisotopic (exact) mass is 245 g/mol. The van der Waals surface area contributed by atoms with Gasteiger partial charge in [0.15, 0.2) is 0 Å². The fourth-order valence-corrected chi connectivity index (χ4v) is 2.29. The van der Waals surface area contributed by atoms with Gasteiger partial charge in [0.25, 0.3) is 0 Å². The molecule has 0 bridgehead atoms. The highest BCUT2D eigenvalue weighted by atomic mass is 15.4. The molecule has 1 aromatic rings. The van der Waals surface area contributed by atoms with Crippen LogP contribution in [-0.2, 0) is 0 Å². The van der Waals surface area contributed by atoms with Crippen molar-refractivity contribution < 1.29 is 0 Å². The number of nitrogens with one attached hydrogen (secondary N) is 4. The summed E-state index contributed by atoms with van der Waals surface area (Å²) in [6, 6.07) is 8.62. The van der Waals surface area contributed by atoms with Crippen LogP contribution in [0.15, 0.2) is 36.5 Å². The maximum Gasteiger partial charge on any atom is 0.115 e. The van der Waals surface area contributed by atoms with Gasteiger partial charge in [0.05, 0.1) is 0 Å². The molecule has 0 aromatic heterocycles. The van der Waals surface area contributed by atoms with Gasteiger partial charge in [-0.05, 0) is 30.3 Å². The van der Waals surface area contributed by atoms with Gasteiger partial charge in [0.2, 0.25) is 0 Å². The van der Waals surface area contributed by atoms with Gasteiger partial charge in [-0.1, -0.05) is 0 Å². The highest BCUT2D eigenvalue weighted by Gasteiger charge is 2.11. The molecule has 1 aromatic carbocycles. The molecule has 0 saturated carbocycles. The summed E-state index contributed by atoms with van der Waals surface area (Å²) in [4.78, 5) is 2.41. The molecule has 4 N–H and O–H groups in total. The van der Waals surface area contributed by atoms with Crippen molar-refractivity contribution in [3.63, 3.8) is 0 Å². The molecule has 5 heteroatoms. The summed E-state index contributed by atoms with van der Waals surface area (Å²) in [5, 5.41) is 6.75. The Hall–Kier alpha value is -1.72. The number of rotatable bonds is 3. The molecule has 96 valence electrons. The average molecular weight is 245 g/mol. The molecule has 5 nitrogen and oxygen atoms in total. The van der Waals surface area contributed by atoms with Crippen LogP contribution in [0.25, 0.3) is 0 Å². The molecule has 0 radical (unpaired) electrons. The minimum Gasteiger partial charge on any atom is -0.369 e. The van der Waals surface area contributed by atoms with Gasteiger partial charge < -0.3 is 21.0 Å². The second-order valence-corrected chi connectivity index (χ2v) is 4.55. The SMILES string of the molecule is C1=CC(Nc2ccc(N3CCNCC3)cc2)NN1. The Kier molecular flexibility index (Phi) is 3.34. The van der Waals surface area contributed by atoms with Crippen molar-refractivity contribution in [2.45, 2.75) is 6.17 Å². The molecule has 1 saturated heterocycles. The second-order valence-electron chi connectivity index (χ2n) is 4.55. The van der Waals surface area contributed by atoms with Crippen LogP contribution < -0.4 is 26.4 Å². The topological polar surface area (TPSA) is 51.4 Å². The Balaban J connectivity index is 1.62. The summed E-state index contributed by atoms with van der Waals surface area (Å²) in [5.41, 5.74) is 8.47. The van der Waals surface area contributed by atoms with E-state index in [-0.39, 0.29) is 6.17 Å². The molecule has 1 fully saturated rings. The van der Waals surface area contributed by atoms with Gasteiger partial charge in [0.1, 0.15) is 6.17 Å². The lowest BCUT2D eigenvalue weighted by Gasteiger charge is -2.29. The lowest BCUT2D eigenvalue weighted by atomic mass is 10.2. The summed E-state index contributed by atoms with van der Waals surface area (Å²) in [6.07, 6.45) is 4.10. The van der Waals surface area contributed by atoms with E-state index >= 15 is 0 Å². The van der Waals surface area contributed by atoms with Crippen LogP contribution in [0.1, 0.15) is 0 Å². The molecule has 0 aliphatic carbocycles. The zero-order chi connectivity index (χ0) is 12.2. The molecular weight excluding hydrogens is 226 g/mol. The zero-order valence-corrected chi connectivity index (χ0v) is 10.3. The van der Waals surface area contributed by atoms with E-state index in [2.05, 4.69) is 50.7 Å². The highest BCUT2D eigenvalue weighted by molar-refractivity contribution is 5.56. The van der Waals surface area contributed by atoms with E-state index in [9.17, 15) is 0 Å². The third kappa shape index (κ3) is 2.57. The molecule has 3 rings (SSSR count). The van der Waals surface area contributed by atoms with Crippen LogP contribution in [0.4, 0.5) is 11.4 Å². The predicted octanol–water partition coefficient (Wildman–Crippen LogP) is 0.456. The number of nitrogens with zero attached hydrogens (tertiary/aromatic N) is 1. The van der Waals surface area contributed by atoms with Crippen LogP contribution in [0.5, 0.6) is 0 Å². The molecular formula is C13H19N5. The lowest BCUT2D eigenvalue weighted by Crippen LogP contribution is -2.43. The van der Waals surface area contributed by atoms with Gasteiger partial charge >= 0.3 is 0 Å². The number of piperazine rings is 1. The summed E-state index contributed by atoms with van der Waals surface area (Å²) in [5.74, 6) is 0. The van der Waals surface area contributed by atoms with Crippen molar-refractivity contribution in [1.82, 2.24) is 16.2 Å². The molecule has 2 aliphatic rings. The average Bonchev–Trinajstić information content (AvgIpc) is 2.94. The number of hydrogen-bond donors (Lipinski definition) is 4. The molecule has 2 heterocycles. The Morgan fingerprint density at radius 2 is 1.89 bits per heavy atom. The Morgan fingerprint density at radius 3 is 2.56 bits per heavy atom. The van der Waals surface area contributed by atoms with Crippen molar-refractivity contribution in [2.75, 3.05) is 36.4 Å². The van der Waals surface area contributed by atoms with Gasteiger partial charge in [0, 0.05) is 43.8 Å². The van der Waals surface area contributed by atoms with E-state index in [0.29, 0.717) is 0 Å². The molecule has 18 heavy (non-hydrogen) atoms. The van der Waals surface area contributed by atoms with Crippen molar-refractivity contribution in [1.29, 1.82) is 0 Å². The van der Waals surface area contributed by atoms with Crippen LogP contribution in [0.3, 0.4) is 0 Å². The normalized spacial score (nSPS) is 22.9. The number of hydrogen-bond acceptors (Lipinski definition) is 5. The van der Waals surface area contributed by atoms with E-state index < -0.39 is 0 Å². The summed E-state index contributed by atoms with van der Waals surface area (Å²) < 4.78 is 0. The fraction of sp³-hybridized carbons (Fsp3) is 0.385. The first-order chi connectivity index (χ1) is 8.92. The molecule has 2 aliphatic heterocycles. The third-order valence-corrected chi connectivity index (χ3v) is 3.28. The van der Waals surface area contributed by atoms with Crippen LogP contribution in [0, 0.1) is 0 Å². The lowest BCUT2D eigenvalue weighted by molar-refractivity contribution is 0.589. The Morgan fingerprint density at radius 1 is 1.11 bits per heavy atom. The van der Waals surface area contributed by atoms with E-state index in [1.807, 2.05) is 12.3 Å². The highest BCUT2D eigenvalue weighted by Crippen LogP contribution is 2.18. The first kappa shape index (κ1) is 11.4. The maximum absolute atomic E-state index is 3.38. The van der Waals surface area contributed by atoms with E-state index in [0.717, 1.165) is 31.9 Å². The van der Waals surface area contributed by atoms with Crippen molar-refractivity contribution >= 4 is 11.4 Å². The summed E-state index contributed by atoms with van der Waals surface area (Å²) in [6.45, 7) is 4.32. The third-order valence-electron chi connectivity index (χ3n) is 3.28. The first-order valence-electron chi connectivity index (χ1n) is 6.42. The summed E-state index contributed by atoms with van der Waals surface area (Å²) >= 11 is 0. The number of benzene rings is 1.